The van der Waals surface area contributed by atoms with Gasteiger partial charge in [0, 0.05) is 24.0 Å². The molecule has 0 spiro atoms. The van der Waals surface area contributed by atoms with E-state index in [9.17, 15) is 9.59 Å². The number of carbonyl (C=O) groups excluding carboxylic acids is 2. The van der Waals surface area contributed by atoms with E-state index < -0.39 is 0 Å². The molecule has 2 amide bonds. The van der Waals surface area contributed by atoms with E-state index >= 15 is 0 Å². The SMILES string of the molecule is COC(=O)N1[C@H]2CC[C@H](C(=O)NCc3ccccc3)[C@@H]1C[C@@H](Cl)C2. The molecule has 2 aliphatic heterocycles. The van der Waals surface area contributed by atoms with Gasteiger partial charge in [-0.05, 0) is 31.2 Å². The van der Waals surface area contributed by atoms with Gasteiger partial charge < -0.3 is 15.0 Å². The molecule has 4 atom stereocenters. The molecule has 5 nitrogen and oxygen atoms in total. The Kier molecular flexibility index (Phi) is 5.29. The number of ether oxygens (including phenoxy) is 1. The molecule has 1 aromatic carbocycles. The van der Waals surface area contributed by atoms with Gasteiger partial charge in [-0.15, -0.1) is 11.6 Å². The molecule has 0 saturated carbocycles. The van der Waals surface area contributed by atoms with Gasteiger partial charge in [0.15, 0.2) is 0 Å². The highest BCUT2D eigenvalue weighted by Crippen LogP contribution is 2.39. The molecule has 130 valence electrons. The predicted octanol–water partition coefficient (Wildman–Crippen LogP) is 2.92. The maximum Gasteiger partial charge on any atom is 0.410 e. The smallest absolute Gasteiger partial charge is 0.410 e. The highest BCUT2D eigenvalue weighted by atomic mass is 35.5. The second kappa shape index (κ2) is 7.43. The molecule has 3 rings (SSSR count). The molecule has 2 fully saturated rings. The van der Waals surface area contributed by atoms with Crippen LogP contribution in [0.4, 0.5) is 4.79 Å². The molecule has 24 heavy (non-hydrogen) atoms. The monoisotopic (exact) mass is 350 g/mol. The van der Waals surface area contributed by atoms with Gasteiger partial charge in [-0.2, -0.15) is 0 Å². The van der Waals surface area contributed by atoms with Crippen LogP contribution in [-0.2, 0) is 16.1 Å². The number of rotatable bonds is 3. The molecule has 0 aromatic heterocycles. The maximum atomic E-state index is 12.7. The van der Waals surface area contributed by atoms with Crippen LogP contribution >= 0.6 is 11.6 Å². The van der Waals surface area contributed by atoms with Crippen LogP contribution < -0.4 is 5.32 Å². The van der Waals surface area contributed by atoms with Crippen molar-refractivity contribution in [2.75, 3.05) is 7.11 Å². The fraction of sp³-hybridized carbons (Fsp3) is 0.556. The predicted molar refractivity (Wildman–Crippen MR) is 91.7 cm³/mol. The maximum absolute atomic E-state index is 12.7. The molecule has 1 N–H and O–H groups in total. The second-order valence-corrected chi connectivity index (χ2v) is 7.17. The molecule has 2 aliphatic rings. The number of hydrogen-bond acceptors (Lipinski definition) is 3. The zero-order valence-corrected chi connectivity index (χ0v) is 14.5. The molecule has 2 saturated heterocycles. The third kappa shape index (κ3) is 3.51. The van der Waals surface area contributed by atoms with E-state index in [4.69, 9.17) is 16.3 Å². The number of fused-ring (bicyclic) bond motifs is 2. The van der Waals surface area contributed by atoms with E-state index in [-0.39, 0.29) is 35.4 Å². The van der Waals surface area contributed by atoms with Crippen LogP contribution in [0.1, 0.15) is 31.2 Å². The first kappa shape index (κ1) is 17.1. The van der Waals surface area contributed by atoms with Gasteiger partial charge in [-0.25, -0.2) is 4.79 Å². The molecule has 0 aliphatic carbocycles. The molecule has 2 bridgehead atoms. The van der Waals surface area contributed by atoms with E-state index in [1.54, 1.807) is 4.90 Å². The van der Waals surface area contributed by atoms with Crippen LogP contribution in [0.3, 0.4) is 0 Å². The minimum Gasteiger partial charge on any atom is -0.453 e. The number of piperidine rings is 2. The summed E-state index contributed by atoms with van der Waals surface area (Å²) in [4.78, 5) is 26.6. The van der Waals surface area contributed by atoms with Gasteiger partial charge in [-0.1, -0.05) is 30.3 Å². The summed E-state index contributed by atoms with van der Waals surface area (Å²) in [6.07, 6.45) is 2.63. The lowest BCUT2D eigenvalue weighted by atomic mass is 9.77. The fourth-order valence-electron chi connectivity index (χ4n) is 3.94. The van der Waals surface area contributed by atoms with Gasteiger partial charge in [0.1, 0.15) is 0 Å². The molecule has 1 aromatic rings. The third-order valence-electron chi connectivity index (χ3n) is 5.08. The Morgan fingerprint density at radius 1 is 1.25 bits per heavy atom. The summed E-state index contributed by atoms with van der Waals surface area (Å²) in [5, 5.41) is 3.01. The van der Waals surface area contributed by atoms with Gasteiger partial charge in [0.25, 0.3) is 0 Å². The van der Waals surface area contributed by atoms with Crippen LogP contribution in [0.2, 0.25) is 0 Å². The zero-order chi connectivity index (χ0) is 17.1. The van der Waals surface area contributed by atoms with Gasteiger partial charge in [-0.3, -0.25) is 4.79 Å². The summed E-state index contributed by atoms with van der Waals surface area (Å²) >= 11 is 6.36. The van der Waals surface area contributed by atoms with Gasteiger partial charge in [0.05, 0.1) is 13.0 Å². The Labute approximate surface area is 147 Å². The Morgan fingerprint density at radius 3 is 2.71 bits per heavy atom. The largest absolute Gasteiger partial charge is 0.453 e. The van der Waals surface area contributed by atoms with Crippen molar-refractivity contribution in [1.29, 1.82) is 0 Å². The van der Waals surface area contributed by atoms with Crippen LogP contribution in [0.5, 0.6) is 0 Å². The Balaban J connectivity index is 1.69. The highest BCUT2D eigenvalue weighted by molar-refractivity contribution is 6.20. The number of halogens is 1. The van der Waals surface area contributed by atoms with Crippen LogP contribution in [0, 0.1) is 5.92 Å². The number of benzene rings is 1. The zero-order valence-electron chi connectivity index (χ0n) is 13.8. The summed E-state index contributed by atoms with van der Waals surface area (Å²) in [6, 6.07) is 9.71. The van der Waals surface area contributed by atoms with E-state index in [0.717, 1.165) is 24.8 Å². The first-order valence-electron chi connectivity index (χ1n) is 8.42. The van der Waals surface area contributed by atoms with Crippen molar-refractivity contribution in [2.45, 2.75) is 49.7 Å². The van der Waals surface area contributed by atoms with Crippen LogP contribution in [-0.4, -0.2) is 41.5 Å². The number of amides is 2. The molecule has 6 heteroatoms. The molecule has 0 unspecified atom stereocenters. The van der Waals surface area contributed by atoms with Crippen LogP contribution in [0.25, 0.3) is 0 Å². The van der Waals surface area contributed by atoms with E-state index in [2.05, 4.69) is 5.32 Å². The van der Waals surface area contributed by atoms with Crippen molar-refractivity contribution in [3.63, 3.8) is 0 Å². The van der Waals surface area contributed by atoms with Gasteiger partial charge in [0.2, 0.25) is 5.91 Å². The first-order chi connectivity index (χ1) is 11.6. The molecule has 0 radical (unpaired) electrons. The highest BCUT2D eigenvalue weighted by Gasteiger charge is 2.47. The topological polar surface area (TPSA) is 58.6 Å². The first-order valence-corrected chi connectivity index (χ1v) is 8.85. The molecule has 2 heterocycles. The van der Waals surface area contributed by atoms with Crippen LogP contribution in [0.15, 0.2) is 30.3 Å². The lowest BCUT2D eigenvalue weighted by molar-refractivity contribution is -0.130. The van der Waals surface area contributed by atoms with Crippen molar-refractivity contribution >= 4 is 23.6 Å². The quantitative estimate of drug-likeness (QED) is 0.853. The molecular weight excluding hydrogens is 328 g/mol. The average molecular weight is 351 g/mol. The molecular formula is C18H23ClN2O3. The number of alkyl halides is 1. The Bertz CT molecular complexity index is 595. The lowest BCUT2D eigenvalue weighted by Crippen LogP contribution is -2.60. The van der Waals surface area contributed by atoms with Crippen molar-refractivity contribution in [3.8, 4) is 0 Å². The second-order valence-electron chi connectivity index (χ2n) is 6.55. The van der Waals surface area contributed by atoms with E-state index in [1.165, 1.54) is 7.11 Å². The van der Waals surface area contributed by atoms with Crippen molar-refractivity contribution < 1.29 is 14.3 Å². The summed E-state index contributed by atoms with van der Waals surface area (Å²) in [5.41, 5.74) is 1.06. The summed E-state index contributed by atoms with van der Waals surface area (Å²) < 4.78 is 4.93. The van der Waals surface area contributed by atoms with Crippen molar-refractivity contribution in [1.82, 2.24) is 10.2 Å². The number of methoxy groups -OCH3 is 1. The minimum absolute atomic E-state index is 0.00521. The van der Waals surface area contributed by atoms with Gasteiger partial charge >= 0.3 is 6.09 Å². The van der Waals surface area contributed by atoms with E-state index in [0.29, 0.717) is 13.0 Å². The Morgan fingerprint density at radius 2 is 2.00 bits per heavy atom. The average Bonchev–Trinajstić information content (AvgIpc) is 2.59. The number of nitrogens with one attached hydrogen (secondary N) is 1. The Hall–Kier alpha value is -1.75. The third-order valence-corrected chi connectivity index (χ3v) is 5.44. The number of nitrogens with zero attached hydrogens (tertiary/aromatic N) is 1. The lowest BCUT2D eigenvalue weighted by Gasteiger charge is -2.49. The summed E-state index contributed by atoms with van der Waals surface area (Å²) in [7, 11) is 1.38. The minimum atomic E-state index is -0.353. The standard InChI is InChI=1S/C18H23ClN2O3/c1-24-18(23)21-14-7-8-15(16(21)10-13(19)9-14)17(22)20-11-12-5-3-2-4-6-12/h2-6,13-16H,7-11H2,1H3,(H,20,22)/t13-,14-,15-,16-/m0/s1. The summed E-state index contributed by atoms with van der Waals surface area (Å²) in [5.74, 6) is -0.243. The normalized spacial score (nSPS) is 29.0. The number of hydrogen-bond donors (Lipinski definition) is 1. The van der Waals surface area contributed by atoms with Crippen molar-refractivity contribution in [3.05, 3.63) is 35.9 Å². The van der Waals surface area contributed by atoms with E-state index in [1.807, 2.05) is 30.3 Å². The van der Waals surface area contributed by atoms with Crippen molar-refractivity contribution in [2.24, 2.45) is 5.92 Å². The fourth-order valence-corrected chi connectivity index (χ4v) is 4.33. The number of carbonyl (C=O) groups is 2. The summed E-state index contributed by atoms with van der Waals surface area (Å²) in [6.45, 7) is 0.495.